The summed E-state index contributed by atoms with van der Waals surface area (Å²) in [4.78, 5) is 7.43. The van der Waals surface area contributed by atoms with Crippen LogP contribution in [0.25, 0.3) is 86.5 Å². The fourth-order valence-corrected chi connectivity index (χ4v) is 9.14. The standard InChI is InChI=1S/C51H32N2OS/c1-4-12-33(13-5-1)36-18-10-20-40(28-36)53(41-21-11-19-37(29-41)34-14-6-2-7-15-34)42-24-25-43-38(30-42)22-23-39-31-48-45(32-44(39)43)49-47(55-48)27-26-46-50(49)52-51(54-46)35-16-8-3-9-17-35/h1-32H. The lowest BCUT2D eigenvalue weighted by Gasteiger charge is -2.27. The van der Waals surface area contributed by atoms with E-state index in [1.165, 1.54) is 58.6 Å². The Kier molecular flexibility index (Phi) is 7.35. The van der Waals surface area contributed by atoms with E-state index < -0.39 is 0 Å². The predicted octanol–water partition coefficient (Wildman–Crippen LogP) is 15.0. The van der Waals surface area contributed by atoms with Gasteiger partial charge in [0.2, 0.25) is 5.89 Å². The summed E-state index contributed by atoms with van der Waals surface area (Å²) in [5.74, 6) is 0.648. The van der Waals surface area contributed by atoms with Gasteiger partial charge in [0.1, 0.15) is 5.52 Å². The summed E-state index contributed by atoms with van der Waals surface area (Å²) in [5, 5.41) is 7.22. The van der Waals surface area contributed by atoms with E-state index in [-0.39, 0.29) is 0 Å². The average molecular weight is 721 g/mol. The van der Waals surface area contributed by atoms with Gasteiger partial charge in [0.15, 0.2) is 5.58 Å². The van der Waals surface area contributed by atoms with Gasteiger partial charge in [0, 0.05) is 42.8 Å². The van der Waals surface area contributed by atoms with Gasteiger partial charge >= 0.3 is 0 Å². The van der Waals surface area contributed by atoms with Gasteiger partial charge < -0.3 is 9.32 Å². The van der Waals surface area contributed by atoms with Gasteiger partial charge in [0.05, 0.1) is 0 Å². The molecule has 4 heteroatoms. The third kappa shape index (κ3) is 5.46. The Morgan fingerprint density at radius 2 is 0.982 bits per heavy atom. The van der Waals surface area contributed by atoms with Crippen LogP contribution in [0.1, 0.15) is 0 Å². The van der Waals surface area contributed by atoms with Crippen LogP contribution in [0.2, 0.25) is 0 Å². The van der Waals surface area contributed by atoms with Crippen molar-refractivity contribution >= 4 is 81.2 Å². The Morgan fingerprint density at radius 1 is 0.400 bits per heavy atom. The third-order valence-corrected chi connectivity index (χ3v) is 11.8. The molecule has 0 aliphatic carbocycles. The number of fused-ring (bicyclic) bond motifs is 8. The lowest BCUT2D eigenvalue weighted by Crippen LogP contribution is -2.10. The van der Waals surface area contributed by atoms with Crippen molar-refractivity contribution < 1.29 is 4.42 Å². The zero-order valence-corrected chi connectivity index (χ0v) is 30.5. The molecule has 0 bridgehead atoms. The van der Waals surface area contributed by atoms with Crippen LogP contribution in [0.15, 0.2) is 199 Å². The molecule has 258 valence electrons. The van der Waals surface area contributed by atoms with Gasteiger partial charge in [-0.3, -0.25) is 0 Å². The number of nitrogens with zero attached hydrogens (tertiary/aromatic N) is 2. The summed E-state index contributed by atoms with van der Waals surface area (Å²) in [6.45, 7) is 0. The van der Waals surface area contributed by atoms with Gasteiger partial charge in [-0.1, -0.05) is 121 Å². The molecular formula is C51H32N2OS. The second-order valence-corrected chi connectivity index (χ2v) is 15.1. The molecule has 3 nitrogen and oxygen atoms in total. The lowest BCUT2D eigenvalue weighted by molar-refractivity contribution is 0.620. The third-order valence-electron chi connectivity index (χ3n) is 10.6. The molecule has 11 aromatic rings. The molecule has 0 aliphatic rings. The summed E-state index contributed by atoms with van der Waals surface area (Å²) in [7, 11) is 0. The zero-order valence-electron chi connectivity index (χ0n) is 29.7. The van der Waals surface area contributed by atoms with E-state index >= 15 is 0 Å². The molecular weight excluding hydrogens is 689 g/mol. The predicted molar refractivity (Wildman–Crippen MR) is 233 cm³/mol. The molecule has 0 atom stereocenters. The maximum Gasteiger partial charge on any atom is 0.227 e. The molecule has 2 aromatic heterocycles. The van der Waals surface area contributed by atoms with Gasteiger partial charge in [-0.15, -0.1) is 11.3 Å². The first-order valence-corrected chi connectivity index (χ1v) is 19.3. The fraction of sp³-hybridized carbons (Fsp3) is 0. The maximum absolute atomic E-state index is 6.30. The number of benzene rings is 9. The molecule has 0 amide bonds. The minimum Gasteiger partial charge on any atom is -0.436 e. The van der Waals surface area contributed by atoms with Crippen LogP contribution in [0.4, 0.5) is 17.1 Å². The van der Waals surface area contributed by atoms with Crippen molar-refractivity contribution in [3.63, 3.8) is 0 Å². The first kappa shape index (κ1) is 31.5. The van der Waals surface area contributed by atoms with Crippen molar-refractivity contribution in [1.29, 1.82) is 0 Å². The summed E-state index contributed by atoms with van der Waals surface area (Å²) < 4.78 is 8.76. The maximum atomic E-state index is 6.30. The highest BCUT2D eigenvalue weighted by atomic mass is 32.1. The topological polar surface area (TPSA) is 29.3 Å². The van der Waals surface area contributed by atoms with E-state index in [0.29, 0.717) is 5.89 Å². The van der Waals surface area contributed by atoms with E-state index in [1.54, 1.807) is 0 Å². The summed E-state index contributed by atoms with van der Waals surface area (Å²) in [6, 6.07) is 69.4. The largest absolute Gasteiger partial charge is 0.436 e. The minimum atomic E-state index is 0.648. The van der Waals surface area contributed by atoms with E-state index in [9.17, 15) is 0 Å². The summed E-state index contributed by atoms with van der Waals surface area (Å²) >= 11 is 1.81. The first-order chi connectivity index (χ1) is 27.2. The highest BCUT2D eigenvalue weighted by Crippen LogP contribution is 2.44. The second kappa shape index (κ2) is 12.8. The molecule has 0 spiro atoms. The van der Waals surface area contributed by atoms with E-state index in [4.69, 9.17) is 9.40 Å². The molecule has 0 unspecified atom stereocenters. The molecule has 0 aliphatic heterocycles. The lowest BCUT2D eigenvalue weighted by atomic mass is 9.98. The Labute approximate surface area is 322 Å². The van der Waals surface area contributed by atoms with Crippen LogP contribution < -0.4 is 4.90 Å². The molecule has 2 heterocycles. The average Bonchev–Trinajstić information content (AvgIpc) is 3.85. The van der Waals surface area contributed by atoms with Gasteiger partial charge in [-0.05, 0) is 117 Å². The van der Waals surface area contributed by atoms with Crippen LogP contribution in [0.5, 0.6) is 0 Å². The van der Waals surface area contributed by atoms with Crippen LogP contribution in [-0.4, -0.2) is 4.98 Å². The molecule has 11 rings (SSSR count). The molecule has 55 heavy (non-hydrogen) atoms. The van der Waals surface area contributed by atoms with Crippen LogP contribution >= 0.6 is 11.3 Å². The smallest absolute Gasteiger partial charge is 0.227 e. The molecule has 0 radical (unpaired) electrons. The van der Waals surface area contributed by atoms with Gasteiger partial charge in [-0.2, -0.15) is 0 Å². The molecule has 9 aromatic carbocycles. The highest BCUT2D eigenvalue weighted by Gasteiger charge is 2.18. The Morgan fingerprint density at radius 3 is 1.64 bits per heavy atom. The Balaban J connectivity index is 1.08. The van der Waals surface area contributed by atoms with Gasteiger partial charge in [-0.25, -0.2) is 4.98 Å². The van der Waals surface area contributed by atoms with E-state index in [1.807, 2.05) is 41.7 Å². The number of rotatable bonds is 6. The van der Waals surface area contributed by atoms with Crippen molar-refractivity contribution in [1.82, 2.24) is 4.98 Å². The van der Waals surface area contributed by atoms with Crippen molar-refractivity contribution in [2.45, 2.75) is 0 Å². The number of aromatic nitrogens is 1. The number of hydrogen-bond acceptors (Lipinski definition) is 4. The van der Waals surface area contributed by atoms with Crippen LogP contribution in [0, 0.1) is 0 Å². The number of thiophene rings is 1. The molecule has 0 N–H and O–H groups in total. The summed E-state index contributed by atoms with van der Waals surface area (Å²) in [6.07, 6.45) is 0. The summed E-state index contributed by atoms with van der Waals surface area (Å²) in [5.41, 5.74) is 10.7. The Bertz CT molecular complexity index is 3120. The van der Waals surface area contributed by atoms with Crippen molar-refractivity contribution in [2.75, 3.05) is 4.90 Å². The van der Waals surface area contributed by atoms with E-state index in [0.717, 1.165) is 39.1 Å². The van der Waals surface area contributed by atoms with Crippen LogP contribution in [-0.2, 0) is 0 Å². The van der Waals surface area contributed by atoms with Crippen LogP contribution in [0.3, 0.4) is 0 Å². The SMILES string of the molecule is c1ccc(-c2cccc(N(c3cccc(-c4ccccc4)c3)c3ccc4c(ccc5cc6sc7ccc8oc(-c9ccccc9)nc8c7c6cc54)c3)c2)cc1. The van der Waals surface area contributed by atoms with E-state index in [2.05, 4.69) is 169 Å². The van der Waals surface area contributed by atoms with Crippen molar-refractivity contribution in [2.24, 2.45) is 0 Å². The van der Waals surface area contributed by atoms with Crippen molar-refractivity contribution in [3.05, 3.63) is 194 Å². The van der Waals surface area contributed by atoms with Crippen molar-refractivity contribution in [3.8, 4) is 33.7 Å². The molecule has 0 saturated heterocycles. The first-order valence-electron chi connectivity index (χ1n) is 18.5. The molecule has 0 saturated carbocycles. The monoisotopic (exact) mass is 720 g/mol. The Hall–Kier alpha value is -7.01. The quantitative estimate of drug-likeness (QED) is 0.160. The number of oxazole rings is 1. The normalized spacial score (nSPS) is 11.6. The minimum absolute atomic E-state index is 0.648. The zero-order chi connectivity index (χ0) is 36.3. The number of hydrogen-bond donors (Lipinski definition) is 0. The molecule has 0 fully saturated rings. The second-order valence-electron chi connectivity index (χ2n) is 14.0. The number of anilines is 3. The fourth-order valence-electron chi connectivity index (χ4n) is 8.00. The van der Waals surface area contributed by atoms with Gasteiger partial charge in [0.25, 0.3) is 0 Å². The highest BCUT2D eigenvalue weighted by molar-refractivity contribution is 7.26.